The highest BCUT2D eigenvalue weighted by molar-refractivity contribution is 7.92. The van der Waals surface area contributed by atoms with E-state index in [-0.39, 0.29) is 56.1 Å². The molecule has 21 nitrogen and oxygen atoms in total. The van der Waals surface area contributed by atoms with Crippen LogP contribution >= 0.6 is 0 Å². The van der Waals surface area contributed by atoms with Crippen molar-refractivity contribution in [1.82, 2.24) is 49.4 Å². The molecule has 0 radical (unpaired) electrons. The zero-order valence-corrected chi connectivity index (χ0v) is 46.3. The van der Waals surface area contributed by atoms with Crippen molar-refractivity contribution in [1.29, 1.82) is 0 Å². The molecule has 0 spiro atoms. The second-order valence-electron chi connectivity index (χ2n) is 20.5. The Morgan fingerprint density at radius 3 is 1.88 bits per heavy atom. The first kappa shape index (κ1) is 55.6. The van der Waals surface area contributed by atoms with E-state index in [0.717, 1.165) is 5.56 Å². The second-order valence-corrected chi connectivity index (χ2v) is 24.1. The minimum absolute atomic E-state index is 0.0474. The third-order valence-corrected chi connectivity index (χ3v) is 15.9. The standard InChI is InChI=1S/C54H64N10O11S2/c1-34(55-51(65)74-53(2,3)4)49-56-44-13-11-12-43(47(44)57-49)42-26-27-45(76(67,68)60-38-28-29-62(33-38)52(66)75-54(5,6)7)48(46(42)50-58-61-64(59-50)32-37-18-24-41(73-10)25-19-37)77(69,70)63(30-35-14-20-39(71-8)21-15-35)31-36-16-22-40(72-9)23-17-36/h11-27,34,38,60H,28-33H2,1-10H3,(H,55,65)(H,56,57)/t34-,38?/m1/s1. The first-order valence-electron chi connectivity index (χ1n) is 24.8. The second kappa shape index (κ2) is 22.5. The van der Waals surface area contributed by atoms with Crippen molar-refractivity contribution in [3.8, 4) is 39.8 Å². The molecular formula is C54H64N10O11S2. The molecule has 0 saturated carbocycles. The molecule has 1 fully saturated rings. The molecule has 77 heavy (non-hydrogen) atoms. The van der Waals surface area contributed by atoms with Crippen LogP contribution in [-0.4, -0.2) is 120 Å². The predicted molar refractivity (Wildman–Crippen MR) is 287 cm³/mol. The first-order chi connectivity index (χ1) is 36.4. The molecule has 7 aromatic rings. The van der Waals surface area contributed by atoms with Gasteiger partial charge in [-0.2, -0.15) is 9.10 Å². The summed E-state index contributed by atoms with van der Waals surface area (Å²) in [7, 11) is -5.26. The van der Waals surface area contributed by atoms with Gasteiger partial charge in [0, 0.05) is 37.8 Å². The number of ether oxygens (including phenoxy) is 5. The highest BCUT2D eigenvalue weighted by Crippen LogP contribution is 2.43. The number of methoxy groups -OCH3 is 3. The number of carbonyl (C=O) groups excluding carboxylic acids is 2. The summed E-state index contributed by atoms with van der Waals surface area (Å²) in [6, 6.07) is 27.3. The number of hydrogen-bond acceptors (Lipinski definition) is 15. The Hall–Kier alpha value is -7.60. The van der Waals surface area contributed by atoms with Gasteiger partial charge in [-0.15, -0.1) is 10.2 Å². The lowest BCUT2D eigenvalue weighted by atomic mass is 9.98. The molecular weight excluding hydrogens is 1030 g/mol. The number of carbonyl (C=O) groups is 2. The van der Waals surface area contributed by atoms with Crippen molar-refractivity contribution >= 4 is 43.3 Å². The Bertz CT molecular complexity index is 3420. The van der Waals surface area contributed by atoms with Crippen LogP contribution in [0.4, 0.5) is 9.59 Å². The van der Waals surface area contributed by atoms with E-state index in [0.29, 0.717) is 50.8 Å². The Morgan fingerprint density at radius 1 is 0.753 bits per heavy atom. The number of aromatic nitrogens is 6. The number of hydrogen-bond donors (Lipinski definition) is 3. The molecule has 2 amide bonds. The van der Waals surface area contributed by atoms with Gasteiger partial charge in [0.05, 0.1) is 50.5 Å². The number of rotatable bonds is 18. The average molecular weight is 1090 g/mol. The summed E-state index contributed by atoms with van der Waals surface area (Å²) in [5, 5.41) is 16.5. The van der Waals surface area contributed by atoms with Crippen molar-refractivity contribution in [2.75, 3.05) is 34.4 Å². The lowest BCUT2D eigenvalue weighted by molar-refractivity contribution is 0.0291. The number of amides is 2. The summed E-state index contributed by atoms with van der Waals surface area (Å²) in [4.78, 5) is 35.8. The van der Waals surface area contributed by atoms with Gasteiger partial charge in [0.1, 0.15) is 44.1 Å². The van der Waals surface area contributed by atoms with Crippen molar-refractivity contribution in [2.24, 2.45) is 0 Å². The molecule has 0 aliphatic carbocycles. The Kier molecular flexibility index (Phi) is 16.3. The van der Waals surface area contributed by atoms with Crippen LogP contribution in [0.5, 0.6) is 17.2 Å². The number of aromatic amines is 1. The normalized spacial score (nSPS) is 14.6. The number of alkyl carbamates (subject to hydrolysis) is 1. The van der Waals surface area contributed by atoms with E-state index in [2.05, 4.69) is 25.3 Å². The number of tetrazole rings is 1. The van der Waals surface area contributed by atoms with Crippen LogP contribution in [0.2, 0.25) is 0 Å². The van der Waals surface area contributed by atoms with E-state index >= 15 is 16.8 Å². The highest BCUT2D eigenvalue weighted by Gasteiger charge is 2.40. The van der Waals surface area contributed by atoms with Gasteiger partial charge in [-0.05, 0) is 131 Å². The van der Waals surface area contributed by atoms with Crippen LogP contribution in [0.3, 0.4) is 0 Å². The lowest BCUT2D eigenvalue weighted by Crippen LogP contribution is -2.41. The van der Waals surface area contributed by atoms with Crippen LogP contribution in [0.25, 0.3) is 33.5 Å². The monoisotopic (exact) mass is 1090 g/mol. The zero-order chi connectivity index (χ0) is 55.5. The highest BCUT2D eigenvalue weighted by atomic mass is 32.2. The minimum atomic E-state index is -5.03. The summed E-state index contributed by atoms with van der Waals surface area (Å²) < 4.78 is 94.7. The topological polar surface area (TPSA) is 251 Å². The summed E-state index contributed by atoms with van der Waals surface area (Å²) in [6.07, 6.45) is -1.07. The summed E-state index contributed by atoms with van der Waals surface area (Å²) in [6.45, 7) is 11.9. The van der Waals surface area contributed by atoms with E-state index in [1.54, 1.807) is 134 Å². The molecule has 8 rings (SSSR count). The van der Waals surface area contributed by atoms with Gasteiger partial charge < -0.3 is 38.9 Å². The van der Waals surface area contributed by atoms with Gasteiger partial charge in [0.25, 0.3) is 0 Å². The van der Waals surface area contributed by atoms with Gasteiger partial charge in [0.15, 0.2) is 0 Å². The number of nitrogens with one attached hydrogen (secondary N) is 3. The summed E-state index contributed by atoms with van der Waals surface area (Å²) >= 11 is 0. The molecule has 1 saturated heterocycles. The summed E-state index contributed by atoms with van der Waals surface area (Å²) in [5.41, 5.74) is 1.53. The number of sulfonamides is 2. The molecule has 1 aliphatic rings. The maximum Gasteiger partial charge on any atom is 0.410 e. The molecule has 3 N–H and O–H groups in total. The van der Waals surface area contributed by atoms with E-state index < -0.39 is 65.3 Å². The molecule has 1 aliphatic heterocycles. The van der Waals surface area contributed by atoms with Crippen molar-refractivity contribution in [2.45, 2.75) is 108 Å². The van der Waals surface area contributed by atoms with Crippen LogP contribution < -0.4 is 24.2 Å². The fourth-order valence-electron chi connectivity index (χ4n) is 8.66. The number of nitrogens with zero attached hydrogens (tertiary/aromatic N) is 7. The van der Waals surface area contributed by atoms with Crippen LogP contribution in [-0.2, 0) is 49.2 Å². The fraction of sp³-hybridized carbons (Fsp3) is 0.370. The van der Waals surface area contributed by atoms with Crippen molar-refractivity contribution in [3.05, 3.63) is 126 Å². The number of benzene rings is 5. The third kappa shape index (κ3) is 13.3. The fourth-order valence-corrected chi connectivity index (χ4v) is 12.3. The van der Waals surface area contributed by atoms with Gasteiger partial charge in [-0.25, -0.2) is 36.1 Å². The van der Waals surface area contributed by atoms with Crippen LogP contribution in [0, 0.1) is 0 Å². The maximum atomic E-state index is 16.4. The number of fused-ring (bicyclic) bond motifs is 1. The maximum absolute atomic E-state index is 16.4. The van der Waals surface area contributed by atoms with Gasteiger partial charge in [-0.1, -0.05) is 54.6 Å². The molecule has 1 unspecified atom stereocenters. The molecule has 2 aromatic heterocycles. The molecule has 408 valence electrons. The van der Waals surface area contributed by atoms with Gasteiger partial charge >= 0.3 is 12.2 Å². The Balaban J connectivity index is 1.36. The average Bonchev–Trinajstić information content (AvgIpc) is 4.16. The minimum Gasteiger partial charge on any atom is -0.497 e. The smallest absolute Gasteiger partial charge is 0.410 e. The SMILES string of the molecule is COc1ccc(CN(Cc2ccc(OC)cc2)S(=O)(=O)c2c(S(=O)(=O)NC3CCN(C(=O)OC(C)(C)C)C3)ccc(-c3cccc4[nH]c([C@@H](C)NC(=O)OC(C)(C)C)nc34)c2-c2nnn(Cc3ccc(OC)cc3)n2)cc1. The Labute approximate surface area is 448 Å². The van der Waals surface area contributed by atoms with Gasteiger partial charge in [-0.3, -0.25) is 0 Å². The Morgan fingerprint density at radius 2 is 1.32 bits per heavy atom. The first-order valence-corrected chi connectivity index (χ1v) is 27.7. The molecule has 23 heteroatoms. The number of likely N-dealkylation sites (tertiary alicyclic amines) is 1. The number of H-pyrrole nitrogens is 1. The third-order valence-electron chi connectivity index (χ3n) is 12.3. The molecule has 2 atom stereocenters. The zero-order valence-electron chi connectivity index (χ0n) is 44.7. The van der Waals surface area contributed by atoms with Crippen molar-refractivity contribution in [3.63, 3.8) is 0 Å². The largest absolute Gasteiger partial charge is 0.497 e. The predicted octanol–water partition coefficient (Wildman–Crippen LogP) is 8.22. The molecule has 5 aromatic carbocycles. The quantitative estimate of drug-likeness (QED) is 0.0732. The van der Waals surface area contributed by atoms with Crippen LogP contribution in [0.1, 0.15) is 83.4 Å². The van der Waals surface area contributed by atoms with Crippen molar-refractivity contribution < 1.29 is 50.1 Å². The molecule has 3 heterocycles. The van der Waals surface area contributed by atoms with E-state index in [9.17, 15) is 9.59 Å². The van der Waals surface area contributed by atoms with Gasteiger partial charge in [0.2, 0.25) is 25.9 Å². The van der Waals surface area contributed by atoms with E-state index in [1.807, 2.05) is 12.1 Å². The number of para-hydroxylation sites is 1. The van der Waals surface area contributed by atoms with E-state index in [4.69, 9.17) is 33.8 Å². The summed E-state index contributed by atoms with van der Waals surface area (Å²) in [5.74, 6) is 1.84. The molecule has 0 bridgehead atoms. The van der Waals surface area contributed by atoms with Crippen LogP contribution in [0.15, 0.2) is 113 Å². The lowest BCUT2D eigenvalue weighted by Gasteiger charge is -2.27. The number of imidazole rings is 1. The van der Waals surface area contributed by atoms with E-state index in [1.165, 1.54) is 40.4 Å².